The van der Waals surface area contributed by atoms with Gasteiger partial charge in [-0.2, -0.15) is 0 Å². The van der Waals surface area contributed by atoms with Crippen molar-refractivity contribution < 1.29 is 19.0 Å². The fourth-order valence-corrected chi connectivity index (χ4v) is 6.78. The SMILES string of the molecule is CCOC(=O)C1=C(c2ccccc2)N=c2s/c(=C\c3cccc(OC)c3OCc3ccc(Cl)cc3)c(=O)n2[C@H]1c1ccc(C(C)C)cc1. The molecule has 7 nitrogen and oxygen atoms in total. The van der Waals surface area contributed by atoms with Gasteiger partial charge in [-0.15, -0.1) is 0 Å². The average Bonchev–Trinajstić information content (AvgIpc) is 3.41. The highest BCUT2D eigenvalue weighted by molar-refractivity contribution is 7.07. The topological polar surface area (TPSA) is 79.1 Å². The Balaban J connectivity index is 1.55. The highest BCUT2D eigenvalue weighted by atomic mass is 35.5. The first kappa shape index (κ1) is 33.0. The number of hydrogen-bond donors (Lipinski definition) is 0. The maximum absolute atomic E-state index is 14.4. The number of benzene rings is 4. The molecule has 0 saturated heterocycles. The van der Waals surface area contributed by atoms with Crippen LogP contribution in [0, 0.1) is 0 Å². The Morgan fingerprint density at radius 3 is 2.38 bits per heavy atom. The van der Waals surface area contributed by atoms with Gasteiger partial charge in [0.15, 0.2) is 16.3 Å². The summed E-state index contributed by atoms with van der Waals surface area (Å²) in [5.74, 6) is 0.835. The number of para-hydroxylation sites is 1. The highest BCUT2D eigenvalue weighted by Crippen LogP contribution is 2.36. The fourth-order valence-electron chi connectivity index (χ4n) is 5.66. The number of fused-ring (bicyclic) bond motifs is 1. The molecule has 0 bridgehead atoms. The van der Waals surface area contributed by atoms with Gasteiger partial charge in [0, 0.05) is 16.1 Å². The zero-order valence-corrected chi connectivity index (χ0v) is 28.7. The molecule has 2 heterocycles. The molecule has 1 aromatic heterocycles. The molecule has 0 spiro atoms. The average molecular weight is 679 g/mol. The van der Waals surface area contributed by atoms with Crippen LogP contribution < -0.4 is 24.4 Å². The third-order valence-electron chi connectivity index (χ3n) is 8.10. The van der Waals surface area contributed by atoms with Crippen molar-refractivity contribution in [2.24, 2.45) is 4.99 Å². The minimum Gasteiger partial charge on any atom is -0.493 e. The summed E-state index contributed by atoms with van der Waals surface area (Å²) in [6.07, 6.45) is 1.79. The van der Waals surface area contributed by atoms with E-state index in [4.69, 9.17) is 30.8 Å². The number of ether oxygens (including phenoxy) is 3. The zero-order chi connectivity index (χ0) is 33.8. The van der Waals surface area contributed by atoms with Crippen LogP contribution in [0.15, 0.2) is 112 Å². The van der Waals surface area contributed by atoms with Crippen LogP contribution in [0.25, 0.3) is 11.8 Å². The summed E-state index contributed by atoms with van der Waals surface area (Å²) in [5.41, 5.74) is 4.80. The predicted molar refractivity (Wildman–Crippen MR) is 190 cm³/mol. The van der Waals surface area contributed by atoms with Crippen molar-refractivity contribution in [1.29, 1.82) is 0 Å². The normalized spacial score (nSPS) is 14.5. The summed E-state index contributed by atoms with van der Waals surface area (Å²) in [6.45, 7) is 6.48. The minimum absolute atomic E-state index is 0.183. The van der Waals surface area contributed by atoms with Crippen molar-refractivity contribution in [3.05, 3.63) is 155 Å². The molecule has 0 fully saturated rings. The third kappa shape index (κ3) is 6.72. The summed E-state index contributed by atoms with van der Waals surface area (Å²) in [5, 5.41) is 0.641. The first-order chi connectivity index (χ1) is 23.3. The van der Waals surface area contributed by atoms with Crippen molar-refractivity contribution in [2.75, 3.05) is 13.7 Å². The van der Waals surface area contributed by atoms with Gasteiger partial charge in [0.1, 0.15) is 6.61 Å². The van der Waals surface area contributed by atoms with E-state index in [0.29, 0.717) is 48.6 Å². The van der Waals surface area contributed by atoms with E-state index in [1.54, 1.807) is 24.7 Å². The number of hydrogen-bond acceptors (Lipinski definition) is 7. The number of carbonyl (C=O) groups excluding carboxylic acids is 1. The van der Waals surface area contributed by atoms with Crippen molar-refractivity contribution in [3.63, 3.8) is 0 Å². The Bertz CT molecular complexity index is 2150. The second kappa shape index (κ2) is 14.5. The number of esters is 1. The van der Waals surface area contributed by atoms with Gasteiger partial charge in [-0.1, -0.05) is 116 Å². The molecular weight excluding hydrogens is 644 g/mol. The van der Waals surface area contributed by atoms with Gasteiger partial charge in [-0.05, 0) is 53.8 Å². The molecule has 4 aromatic carbocycles. The van der Waals surface area contributed by atoms with Gasteiger partial charge in [0.25, 0.3) is 5.56 Å². The van der Waals surface area contributed by atoms with Gasteiger partial charge in [0.05, 0.1) is 35.6 Å². The van der Waals surface area contributed by atoms with Crippen LogP contribution in [0.5, 0.6) is 11.5 Å². The van der Waals surface area contributed by atoms with E-state index in [1.165, 1.54) is 11.3 Å². The van der Waals surface area contributed by atoms with Crippen molar-refractivity contribution in [1.82, 2.24) is 4.57 Å². The molecule has 1 atom stereocenters. The van der Waals surface area contributed by atoms with E-state index in [2.05, 4.69) is 13.8 Å². The molecule has 48 heavy (non-hydrogen) atoms. The number of methoxy groups -OCH3 is 1. The van der Waals surface area contributed by atoms with Gasteiger partial charge in [0.2, 0.25) is 0 Å². The lowest BCUT2D eigenvalue weighted by Crippen LogP contribution is -2.40. The molecule has 0 radical (unpaired) electrons. The fraction of sp³-hybridized carbons (Fsp3) is 0.205. The van der Waals surface area contributed by atoms with E-state index in [9.17, 15) is 9.59 Å². The molecule has 6 rings (SSSR count). The first-order valence-corrected chi connectivity index (χ1v) is 16.9. The molecule has 5 aromatic rings. The number of carbonyl (C=O) groups is 1. The quantitative estimate of drug-likeness (QED) is 0.145. The van der Waals surface area contributed by atoms with E-state index >= 15 is 0 Å². The van der Waals surface area contributed by atoms with E-state index < -0.39 is 12.0 Å². The summed E-state index contributed by atoms with van der Waals surface area (Å²) in [6, 6.07) is 29.8. The number of aromatic nitrogens is 1. The van der Waals surface area contributed by atoms with Gasteiger partial charge in [-0.3, -0.25) is 9.36 Å². The Morgan fingerprint density at radius 1 is 0.979 bits per heavy atom. The van der Waals surface area contributed by atoms with E-state index in [-0.39, 0.29) is 18.8 Å². The smallest absolute Gasteiger partial charge is 0.338 e. The Morgan fingerprint density at radius 2 is 1.71 bits per heavy atom. The first-order valence-electron chi connectivity index (χ1n) is 15.7. The van der Waals surface area contributed by atoms with Crippen molar-refractivity contribution in [3.8, 4) is 11.5 Å². The van der Waals surface area contributed by atoms with Crippen LogP contribution in [-0.4, -0.2) is 24.3 Å². The maximum Gasteiger partial charge on any atom is 0.338 e. The Hall–Kier alpha value is -4.92. The minimum atomic E-state index is -0.759. The van der Waals surface area contributed by atoms with Crippen LogP contribution in [0.1, 0.15) is 60.5 Å². The molecule has 0 unspecified atom stereocenters. The predicted octanol–water partition coefficient (Wildman–Crippen LogP) is 7.30. The number of thiazole rings is 1. The molecule has 0 aliphatic carbocycles. The van der Waals surface area contributed by atoms with Gasteiger partial charge in [-0.25, -0.2) is 9.79 Å². The molecule has 244 valence electrons. The molecule has 0 N–H and O–H groups in total. The maximum atomic E-state index is 14.4. The standard InChI is InChI=1S/C39H35ClN2O5S/c1-5-46-38(44)33-34(27-10-7-6-8-11-27)41-39-42(35(33)28-18-16-26(17-19-28)24(2)3)37(43)32(48-39)22-29-12-9-13-31(45-4)36(29)47-23-25-14-20-30(40)21-15-25/h6-22,24,35H,5,23H2,1-4H3/b32-22-/t35-/m0/s1. The van der Waals surface area contributed by atoms with E-state index in [0.717, 1.165) is 22.3 Å². The molecule has 0 saturated carbocycles. The lowest BCUT2D eigenvalue weighted by Gasteiger charge is -2.26. The monoisotopic (exact) mass is 678 g/mol. The van der Waals surface area contributed by atoms with Crippen molar-refractivity contribution in [2.45, 2.75) is 39.3 Å². The molecule has 1 aliphatic heterocycles. The molecular formula is C39H35ClN2O5S. The Kier molecular flexibility index (Phi) is 9.94. The zero-order valence-electron chi connectivity index (χ0n) is 27.1. The number of rotatable bonds is 10. The van der Waals surface area contributed by atoms with Gasteiger partial charge >= 0.3 is 5.97 Å². The van der Waals surface area contributed by atoms with Crippen LogP contribution in [0.4, 0.5) is 0 Å². The lowest BCUT2D eigenvalue weighted by atomic mass is 9.91. The second-order valence-electron chi connectivity index (χ2n) is 11.5. The van der Waals surface area contributed by atoms with Crippen LogP contribution >= 0.6 is 22.9 Å². The highest BCUT2D eigenvalue weighted by Gasteiger charge is 2.35. The Labute approximate surface area is 288 Å². The van der Waals surface area contributed by atoms with Crippen LogP contribution in [-0.2, 0) is 16.1 Å². The largest absolute Gasteiger partial charge is 0.493 e. The van der Waals surface area contributed by atoms with Gasteiger partial charge < -0.3 is 14.2 Å². The van der Waals surface area contributed by atoms with Crippen LogP contribution in [0.3, 0.4) is 0 Å². The number of halogens is 1. The second-order valence-corrected chi connectivity index (χ2v) is 13.0. The summed E-state index contributed by atoms with van der Waals surface area (Å²) >= 11 is 7.33. The lowest BCUT2D eigenvalue weighted by molar-refractivity contribution is -0.138. The molecule has 9 heteroatoms. The van der Waals surface area contributed by atoms with Crippen molar-refractivity contribution >= 4 is 40.7 Å². The molecule has 0 amide bonds. The molecule has 1 aliphatic rings. The summed E-state index contributed by atoms with van der Waals surface area (Å²) in [4.78, 5) is 33.7. The van der Waals surface area contributed by atoms with E-state index in [1.807, 2.05) is 97.1 Å². The van der Waals surface area contributed by atoms with Crippen LogP contribution in [0.2, 0.25) is 5.02 Å². The number of nitrogens with zero attached hydrogens (tertiary/aromatic N) is 2. The third-order valence-corrected chi connectivity index (χ3v) is 9.34. The summed E-state index contributed by atoms with van der Waals surface area (Å²) < 4.78 is 19.6. The summed E-state index contributed by atoms with van der Waals surface area (Å²) in [7, 11) is 1.58.